The Labute approximate surface area is 182 Å². The summed E-state index contributed by atoms with van der Waals surface area (Å²) >= 11 is 11.8. The van der Waals surface area contributed by atoms with Gasteiger partial charge in [0.25, 0.3) is 5.91 Å². The molecule has 1 aliphatic heterocycles. The minimum Gasteiger partial charge on any atom is -0.357 e. The molecule has 7 nitrogen and oxygen atoms in total. The lowest BCUT2D eigenvalue weighted by Crippen LogP contribution is -2.45. The minimum absolute atomic E-state index is 0.00906. The van der Waals surface area contributed by atoms with Gasteiger partial charge in [0.05, 0.1) is 16.6 Å². The van der Waals surface area contributed by atoms with Gasteiger partial charge in [-0.1, -0.05) is 37.0 Å². The van der Waals surface area contributed by atoms with Gasteiger partial charge in [-0.05, 0) is 31.5 Å². The Morgan fingerprint density at radius 3 is 2.66 bits per heavy atom. The summed E-state index contributed by atoms with van der Waals surface area (Å²) in [5.41, 5.74) is 0.453. The van der Waals surface area contributed by atoms with Crippen molar-refractivity contribution in [3.8, 4) is 0 Å². The fourth-order valence-electron chi connectivity index (χ4n) is 3.03. The zero-order valence-corrected chi connectivity index (χ0v) is 18.6. The summed E-state index contributed by atoms with van der Waals surface area (Å²) in [7, 11) is 0. The van der Waals surface area contributed by atoms with Gasteiger partial charge in [-0.3, -0.25) is 14.6 Å². The number of nitrogens with one attached hydrogen (secondary N) is 3. The SMILES string of the molecule is CCNC(=NCCNC(=O)c1ccc(Cl)c(Cl)c1)NC1CCN(C(=O)C(C)C)C1. The molecule has 1 saturated heterocycles. The zero-order valence-electron chi connectivity index (χ0n) is 17.1. The van der Waals surface area contributed by atoms with Gasteiger partial charge in [0.1, 0.15) is 0 Å². The molecule has 29 heavy (non-hydrogen) atoms. The standard InChI is InChI=1S/C20H29Cl2N5O2/c1-4-23-20(26-15-7-10-27(12-15)19(29)13(2)3)25-9-8-24-18(28)14-5-6-16(21)17(22)11-14/h5-6,11,13,15H,4,7-10,12H2,1-3H3,(H,24,28)(H2,23,25,26). The lowest BCUT2D eigenvalue weighted by molar-refractivity contribution is -0.133. The Hall–Kier alpha value is -1.99. The summed E-state index contributed by atoms with van der Waals surface area (Å²) in [5.74, 6) is 0.645. The van der Waals surface area contributed by atoms with E-state index < -0.39 is 0 Å². The van der Waals surface area contributed by atoms with Crippen LogP contribution in [-0.4, -0.2) is 61.4 Å². The first-order valence-electron chi connectivity index (χ1n) is 9.88. The van der Waals surface area contributed by atoms with Crippen LogP contribution in [-0.2, 0) is 4.79 Å². The van der Waals surface area contributed by atoms with E-state index in [0.29, 0.717) is 41.2 Å². The summed E-state index contributed by atoms with van der Waals surface area (Å²) < 4.78 is 0. The van der Waals surface area contributed by atoms with Gasteiger partial charge in [-0.25, -0.2) is 0 Å². The van der Waals surface area contributed by atoms with Crippen molar-refractivity contribution in [3.05, 3.63) is 33.8 Å². The lowest BCUT2D eigenvalue weighted by Gasteiger charge is -2.20. The Kier molecular flexibility index (Phi) is 9.04. The molecule has 0 radical (unpaired) electrons. The topological polar surface area (TPSA) is 85.8 Å². The van der Waals surface area contributed by atoms with Gasteiger partial charge in [0.2, 0.25) is 5.91 Å². The van der Waals surface area contributed by atoms with E-state index in [-0.39, 0.29) is 23.8 Å². The second-order valence-electron chi connectivity index (χ2n) is 7.21. The molecule has 160 valence electrons. The minimum atomic E-state index is -0.227. The first-order chi connectivity index (χ1) is 13.8. The van der Waals surface area contributed by atoms with Crippen molar-refractivity contribution in [1.29, 1.82) is 0 Å². The van der Waals surface area contributed by atoms with E-state index in [9.17, 15) is 9.59 Å². The maximum atomic E-state index is 12.2. The van der Waals surface area contributed by atoms with Crippen LogP contribution in [0, 0.1) is 5.92 Å². The number of hydrogen-bond acceptors (Lipinski definition) is 3. The molecule has 0 bridgehead atoms. The van der Waals surface area contributed by atoms with Crippen LogP contribution in [0.3, 0.4) is 0 Å². The highest BCUT2D eigenvalue weighted by Gasteiger charge is 2.27. The molecule has 1 fully saturated rings. The van der Waals surface area contributed by atoms with E-state index in [1.807, 2.05) is 25.7 Å². The smallest absolute Gasteiger partial charge is 0.251 e. The number of halogens is 2. The van der Waals surface area contributed by atoms with Gasteiger partial charge in [0, 0.05) is 43.7 Å². The van der Waals surface area contributed by atoms with Crippen molar-refractivity contribution in [1.82, 2.24) is 20.9 Å². The molecule has 0 aromatic heterocycles. The summed E-state index contributed by atoms with van der Waals surface area (Å²) in [6.07, 6.45) is 0.886. The van der Waals surface area contributed by atoms with E-state index in [4.69, 9.17) is 23.2 Å². The maximum absolute atomic E-state index is 12.2. The molecule has 1 unspecified atom stereocenters. The number of amides is 2. The number of carbonyl (C=O) groups is 2. The molecule has 0 aliphatic carbocycles. The molecule has 3 N–H and O–H groups in total. The van der Waals surface area contributed by atoms with Crippen LogP contribution in [0.2, 0.25) is 10.0 Å². The second-order valence-corrected chi connectivity index (χ2v) is 8.03. The predicted molar refractivity (Wildman–Crippen MR) is 118 cm³/mol. The first kappa shape index (κ1) is 23.3. The number of nitrogens with zero attached hydrogens (tertiary/aromatic N) is 2. The molecule has 1 aromatic rings. The van der Waals surface area contributed by atoms with Crippen LogP contribution in [0.25, 0.3) is 0 Å². The van der Waals surface area contributed by atoms with Crippen molar-refractivity contribution in [3.63, 3.8) is 0 Å². The normalized spacial score (nSPS) is 16.8. The average molecular weight is 442 g/mol. The summed E-state index contributed by atoms with van der Waals surface area (Å²) in [5, 5.41) is 10.1. The largest absolute Gasteiger partial charge is 0.357 e. The van der Waals surface area contributed by atoms with Gasteiger partial charge < -0.3 is 20.9 Å². The van der Waals surface area contributed by atoms with Gasteiger partial charge >= 0.3 is 0 Å². The Morgan fingerprint density at radius 2 is 2.00 bits per heavy atom. The van der Waals surface area contributed by atoms with Crippen LogP contribution < -0.4 is 16.0 Å². The van der Waals surface area contributed by atoms with E-state index in [2.05, 4.69) is 20.9 Å². The third-order valence-corrected chi connectivity index (χ3v) is 5.27. The molecular formula is C20H29Cl2N5O2. The van der Waals surface area contributed by atoms with Crippen LogP contribution in [0.4, 0.5) is 0 Å². The lowest BCUT2D eigenvalue weighted by atomic mass is 10.2. The molecule has 0 saturated carbocycles. The summed E-state index contributed by atoms with van der Waals surface area (Å²) in [4.78, 5) is 30.7. The molecular weight excluding hydrogens is 413 g/mol. The Morgan fingerprint density at radius 1 is 1.24 bits per heavy atom. The molecule has 1 aliphatic rings. The highest BCUT2D eigenvalue weighted by Crippen LogP contribution is 2.22. The van der Waals surface area contributed by atoms with Crippen molar-refractivity contribution in [2.24, 2.45) is 10.9 Å². The molecule has 9 heteroatoms. The fourth-order valence-corrected chi connectivity index (χ4v) is 3.33. The van der Waals surface area contributed by atoms with Crippen LogP contribution in [0.1, 0.15) is 37.6 Å². The first-order valence-corrected chi connectivity index (χ1v) is 10.6. The number of benzene rings is 1. The van der Waals surface area contributed by atoms with Crippen molar-refractivity contribution in [2.45, 2.75) is 33.2 Å². The summed E-state index contributed by atoms with van der Waals surface area (Å²) in [6.45, 7) is 8.79. The molecule has 1 heterocycles. The molecule has 2 amide bonds. The van der Waals surface area contributed by atoms with Gasteiger partial charge in [-0.15, -0.1) is 0 Å². The van der Waals surface area contributed by atoms with E-state index in [1.165, 1.54) is 0 Å². The Bertz CT molecular complexity index is 754. The molecule has 1 atom stereocenters. The molecule has 1 aromatic carbocycles. The summed E-state index contributed by atoms with van der Waals surface area (Å²) in [6, 6.07) is 4.93. The Balaban J connectivity index is 1.82. The number of aliphatic imine (C=N–C) groups is 1. The monoisotopic (exact) mass is 441 g/mol. The fraction of sp³-hybridized carbons (Fsp3) is 0.550. The van der Waals surface area contributed by atoms with Crippen molar-refractivity contribution >= 4 is 41.0 Å². The highest BCUT2D eigenvalue weighted by atomic mass is 35.5. The van der Waals surface area contributed by atoms with Crippen LogP contribution in [0.5, 0.6) is 0 Å². The third kappa shape index (κ3) is 7.08. The number of likely N-dealkylation sites (tertiary alicyclic amines) is 1. The van der Waals surface area contributed by atoms with E-state index in [1.54, 1.807) is 18.2 Å². The predicted octanol–water partition coefficient (Wildman–Crippen LogP) is 2.54. The molecule has 0 spiro atoms. The number of rotatable bonds is 7. The number of hydrogen-bond donors (Lipinski definition) is 3. The van der Waals surface area contributed by atoms with E-state index in [0.717, 1.165) is 19.5 Å². The quantitative estimate of drug-likeness (QED) is 0.344. The third-order valence-electron chi connectivity index (χ3n) is 4.53. The average Bonchev–Trinajstić information content (AvgIpc) is 3.14. The van der Waals surface area contributed by atoms with Gasteiger partial charge in [-0.2, -0.15) is 0 Å². The van der Waals surface area contributed by atoms with Crippen molar-refractivity contribution in [2.75, 3.05) is 32.7 Å². The second kappa shape index (κ2) is 11.3. The van der Waals surface area contributed by atoms with Crippen LogP contribution in [0.15, 0.2) is 23.2 Å². The molecule has 2 rings (SSSR count). The van der Waals surface area contributed by atoms with Crippen LogP contribution >= 0.6 is 23.2 Å². The zero-order chi connectivity index (χ0) is 21.4. The maximum Gasteiger partial charge on any atom is 0.251 e. The highest BCUT2D eigenvalue weighted by molar-refractivity contribution is 6.42. The number of carbonyl (C=O) groups excluding carboxylic acids is 2. The van der Waals surface area contributed by atoms with E-state index >= 15 is 0 Å². The van der Waals surface area contributed by atoms with Crippen molar-refractivity contribution < 1.29 is 9.59 Å². The van der Waals surface area contributed by atoms with Gasteiger partial charge in [0.15, 0.2) is 5.96 Å². The number of guanidine groups is 1.